The number of fused-ring (bicyclic) bond motifs is 1. The van der Waals surface area contributed by atoms with Crippen molar-refractivity contribution in [2.24, 2.45) is 4.99 Å². The number of guanidine groups is 1. The Morgan fingerprint density at radius 2 is 1.95 bits per heavy atom. The molecule has 6 heteroatoms. The van der Waals surface area contributed by atoms with Crippen molar-refractivity contribution in [3.63, 3.8) is 0 Å². The van der Waals surface area contributed by atoms with Crippen LogP contribution in [0.4, 0.5) is 0 Å². The summed E-state index contributed by atoms with van der Waals surface area (Å²) in [7, 11) is 0. The van der Waals surface area contributed by atoms with E-state index in [0.717, 1.165) is 37.0 Å². The topological polar surface area (TPSA) is 54.9 Å². The van der Waals surface area contributed by atoms with Gasteiger partial charge in [-0.25, -0.2) is 0 Å². The monoisotopic (exact) mass is 419 g/mol. The van der Waals surface area contributed by atoms with Crippen LogP contribution in [0, 0.1) is 0 Å². The molecule has 0 spiro atoms. The molecule has 0 unspecified atom stereocenters. The second-order valence-electron chi connectivity index (χ2n) is 6.07. The Morgan fingerprint density at radius 1 is 1.23 bits per heavy atom. The van der Waals surface area contributed by atoms with E-state index in [1.165, 1.54) is 5.56 Å². The summed E-state index contributed by atoms with van der Waals surface area (Å²) in [5.74, 6) is 2.51. The van der Waals surface area contributed by atoms with Gasteiger partial charge in [0, 0.05) is 18.6 Å². The number of benzene rings is 1. The molecule has 0 aliphatic carbocycles. The lowest BCUT2D eigenvalue weighted by molar-refractivity contribution is 0.174. The van der Waals surface area contributed by atoms with Gasteiger partial charge in [-0.3, -0.25) is 4.99 Å². The average Bonchev–Trinajstić information content (AvgIpc) is 2.84. The molecule has 0 radical (unpaired) electrons. The molecule has 2 N–H and O–H groups in total. The summed E-state index contributed by atoms with van der Waals surface area (Å²) >= 11 is 0. The zero-order valence-electron chi connectivity index (χ0n) is 13.7. The number of hydrogen-bond donors (Lipinski definition) is 2. The fraction of sp³-hybridized carbons (Fsp3) is 0.562. The van der Waals surface area contributed by atoms with Crippen LogP contribution in [0.25, 0.3) is 0 Å². The van der Waals surface area contributed by atoms with Crippen molar-refractivity contribution in [3.8, 4) is 11.5 Å². The highest BCUT2D eigenvalue weighted by atomic mass is 127. The molecular weight excluding hydrogens is 393 g/mol. The molecule has 0 amide bonds. The predicted molar refractivity (Wildman–Crippen MR) is 101 cm³/mol. The summed E-state index contributed by atoms with van der Waals surface area (Å²) in [6, 6.07) is 6.05. The lowest BCUT2D eigenvalue weighted by atomic mass is 10.1. The lowest BCUT2D eigenvalue weighted by Gasteiger charge is -2.23. The van der Waals surface area contributed by atoms with Gasteiger partial charge in [0.05, 0.1) is 0 Å². The van der Waals surface area contributed by atoms with Crippen LogP contribution in [0.3, 0.4) is 0 Å². The normalized spacial score (nSPS) is 13.5. The first-order valence-corrected chi connectivity index (χ1v) is 7.43. The Morgan fingerprint density at radius 3 is 2.64 bits per heavy atom. The van der Waals surface area contributed by atoms with E-state index in [4.69, 9.17) is 9.47 Å². The average molecular weight is 419 g/mol. The number of aliphatic imine (C=N–C) groups is 1. The van der Waals surface area contributed by atoms with Gasteiger partial charge < -0.3 is 20.1 Å². The van der Waals surface area contributed by atoms with E-state index in [9.17, 15) is 0 Å². The highest BCUT2D eigenvalue weighted by Gasteiger charge is 2.13. The Bertz CT molecular complexity index is 513. The van der Waals surface area contributed by atoms with Crippen molar-refractivity contribution in [2.75, 3.05) is 19.9 Å². The Hall–Kier alpha value is -1.18. The summed E-state index contributed by atoms with van der Waals surface area (Å²) in [4.78, 5) is 4.61. The van der Waals surface area contributed by atoms with Crippen molar-refractivity contribution in [1.29, 1.82) is 0 Å². The summed E-state index contributed by atoms with van der Waals surface area (Å²) < 4.78 is 10.7. The maximum Gasteiger partial charge on any atom is 0.231 e. The minimum atomic E-state index is -0.000246. The van der Waals surface area contributed by atoms with Gasteiger partial charge in [-0.15, -0.1) is 24.0 Å². The first kappa shape index (κ1) is 18.9. The van der Waals surface area contributed by atoms with Gasteiger partial charge >= 0.3 is 0 Å². The van der Waals surface area contributed by atoms with Crippen LogP contribution in [0.15, 0.2) is 23.2 Å². The smallest absolute Gasteiger partial charge is 0.231 e. The third kappa shape index (κ3) is 5.90. The highest BCUT2D eigenvalue weighted by molar-refractivity contribution is 14.0. The Balaban J connectivity index is 0.00000242. The molecule has 0 atom stereocenters. The van der Waals surface area contributed by atoms with Gasteiger partial charge in [0.25, 0.3) is 0 Å². The highest BCUT2D eigenvalue weighted by Crippen LogP contribution is 2.32. The van der Waals surface area contributed by atoms with Gasteiger partial charge in [-0.1, -0.05) is 6.07 Å². The minimum Gasteiger partial charge on any atom is -0.454 e. The van der Waals surface area contributed by atoms with E-state index in [-0.39, 0.29) is 29.5 Å². The molecule has 1 heterocycles. The van der Waals surface area contributed by atoms with E-state index in [0.29, 0.717) is 6.79 Å². The molecule has 22 heavy (non-hydrogen) atoms. The zero-order chi connectivity index (χ0) is 15.3. The first-order valence-electron chi connectivity index (χ1n) is 7.43. The quantitative estimate of drug-likeness (QED) is 0.448. The largest absolute Gasteiger partial charge is 0.454 e. The van der Waals surface area contributed by atoms with Crippen LogP contribution >= 0.6 is 24.0 Å². The van der Waals surface area contributed by atoms with Gasteiger partial charge in [-0.2, -0.15) is 0 Å². The molecule has 0 saturated carbocycles. The van der Waals surface area contributed by atoms with Crippen LogP contribution < -0.4 is 20.1 Å². The summed E-state index contributed by atoms with van der Waals surface area (Å²) in [5, 5.41) is 6.64. The first-order chi connectivity index (χ1) is 9.98. The third-order valence-corrected chi connectivity index (χ3v) is 2.94. The molecule has 0 fully saturated rings. The molecule has 1 aromatic rings. The molecular formula is C16H26IN3O2. The van der Waals surface area contributed by atoms with Crippen LogP contribution in [-0.4, -0.2) is 31.4 Å². The number of ether oxygens (including phenoxy) is 2. The summed E-state index contributed by atoms with van der Waals surface area (Å²) in [6.45, 7) is 10.3. The molecule has 1 aliphatic rings. The van der Waals surface area contributed by atoms with Crippen molar-refractivity contribution >= 4 is 29.9 Å². The fourth-order valence-corrected chi connectivity index (χ4v) is 2.06. The maximum atomic E-state index is 5.39. The molecule has 5 nitrogen and oxygen atoms in total. The van der Waals surface area contributed by atoms with Crippen LogP contribution in [0.1, 0.15) is 33.3 Å². The van der Waals surface area contributed by atoms with Gasteiger partial charge in [0.1, 0.15) is 0 Å². The Kier molecular flexibility index (Phi) is 7.25. The van der Waals surface area contributed by atoms with Crippen LogP contribution in [-0.2, 0) is 6.42 Å². The summed E-state index contributed by atoms with van der Waals surface area (Å²) in [5.41, 5.74) is 1.20. The number of halogens is 1. The standard InChI is InChI=1S/C16H25N3O2.HI/c1-5-17-15(19-16(2,3)4)18-9-8-12-6-7-13-14(10-12)21-11-20-13;/h6-7,10H,5,8-9,11H2,1-4H3,(H2,17,18,19);1H. The maximum absolute atomic E-state index is 5.39. The van der Waals surface area contributed by atoms with E-state index < -0.39 is 0 Å². The second kappa shape index (κ2) is 8.45. The van der Waals surface area contributed by atoms with E-state index in [1.54, 1.807) is 0 Å². The fourth-order valence-electron chi connectivity index (χ4n) is 2.06. The van der Waals surface area contributed by atoms with Crippen LogP contribution in [0.5, 0.6) is 11.5 Å². The van der Waals surface area contributed by atoms with Gasteiger partial charge in [0.2, 0.25) is 6.79 Å². The van der Waals surface area contributed by atoms with Crippen molar-refractivity contribution in [3.05, 3.63) is 23.8 Å². The van der Waals surface area contributed by atoms with Crippen molar-refractivity contribution < 1.29 is 9.47 Å². The number of nitrogens with zero attached hydrogens (tertiary/aromatic N) is 1. The SMILES string of the molecule is CCNC(=NCCc1ccc2c(c1)OCO2)NC(C)(C)C.I. The molecule has 1 aromatic carbocycles. The lowest BCUT2D eigenvalue weighted by Crippen LogP contribution is -2.47. The molecule has 2 rings (SSSR count). The summed E-state index contributed by atoms with van der Waals surface area (Å²) in [6.07, 6.45) is 0.872. The van der Waals surface area contributed by atoms with Crippen molar-refractivity contribution in [1.82, 2.24) is 10.6 Å². The molecule has 0 saturated heterocycles. The third-order valence-electron chi connectivity index (χ3n) is 2.94. The van der Waals surface area contributed by atoms with E-state index in [1.807, 2.05) is 12.1 Å². The number of nitrogens with one attached hydrogen (secondary N) is 2. The molecule has 0 aromatic heterocycles. The second-order valence-corrected chi connectivity index (χ2v) is 6.07. The molecule has 0 bridgehead atoms. The minimum absolute atomic E-state index is 0. The molecule has 124 valence electrons. The van der Waals surface area contributed by atoms with Gasteiger partial charge in [0.15, 0.2) is 17.5 Å². The molecule has 1 aliphatic heterocycles. The number of hydrogen-bond acceptors (Lipinski definition) is 3. The van der Waals surface area contributed by atoms with E-state index >= 15 is 0 Å². The zero-order valence-corrected chi connectivity index (χ0v) is 16.1. The predicted octanol–water partition coefficient (Wildman–Crippen LogP) is 2.93. The van der Waals surface area contributed by atoms with Crippen molar-refractivity contribution in [2.45, 2.75) is 39.7 Å². The van der Waals surface area contributed by atoms with Crippen LogP contribution in [0.2, 0.25) is 0 Å². The van der Waals surface area contributed by atoms with Gasteiger partial charge in [-0.05, 0) is 51.8 Å². The number of rotatable bonds is 4. The van der Waals surface area contributed by atoms with E-state index in [2.05, 4.69) is 49.4 Å². The Labute approximate surface area is 149 Å².